The maximum atomic E-state index is 12.3. The van der Waals surface area contributed by atoms with E-state index in [9.17, 15) is 9.90 Å². The zero-order chi connectivity index (χ0) is 13.8. The third kappa shape index (κ3) is 3.39. The van der Waals surface area contributed by atoms with Crippen LogP contribution in [0.2, 0.25) is 5.02 Å². The zero-order valence-electron chi connectivity index (χ0n) is 10.9. The number of hydrogen-bond donors (Lipinski definition) is 1. The molecule has 1 saturated heterocycles. The lowest BCUT2D eigenvalue weighted by atomic mass is 10.1. The summed E-state index contributed by atoms with van der Waals surface area (Å²) in [6.45, 7) is 3.97. The Bertz CT molecular complexity index is 456. The maximum absolute atomic E-state index is 12.3. The Morgan fingerprint density at radius 1 is 1.47 bits per heavy atom. The molecule has 1 aromatic rings. The Labute approximate surface area is 117 Å². The van der Waals surface area contributed by atoms with Gasteiger partial charge in [0.25, 0.3) is 5.91 Å². The molecule has 5 heteroatoms. The lowest BCUT2D eigenvalue weighted by Gasteiger charge is -2.32. The summed E-state index contributed by atoms with van der Waals surface area (Å²) in [5.41, 5.74) is 0.266. The van der Waals surface area contributed by atoms with Gasteiger partial charge in [-0.3, -0.25) is 4.79 Å². The number of benzene rings is 1. The number of phenols is 1. The number of carbonyl (C=O) groups is 1. The molecule has 1 aromatic carbocycles. The highest BCUT2D eigenvalue weighted by Gasteiger charge is 2.25. The van der Waals surface area contributed by atoms with E-state index < -0.39 is 0 Å². The number of likely N-dealkylation sites (tertiary alicyclic amines) is 1. The summed E-state index contributed by atoms with van der Waals surface area (Å²) in [6.07, 6.45) is 1.91. The number of aromatic hydroxyl groups is 1. The van der Waals surface area contributed by atoms with Crippen molar-refractivity contribution >= 4 is 17.5 Å². The van der Waals surface area contributed by atoms with Crippen LogP contribution in [0.15, 0.2) is 18.2 Å². The van der Waals surface area contributed by atoms with Gasteiger partial charge in [0.05, 0.1) is 11.7 Å². The van der Waals surface area contributed by atoms with E-state index in [1.54, 1.807) is 11.0 Å². The quantitative estimate of drug-likeness (QED) is 0.928. The van der Waals surface area contributed by atoms with Crippen LogP contribution in [0.25, 0.3) is 0 Å². The van der Waals surface area contributed by atoms with Gasteiger partial charge in [-0.1, -0.05) is 11.6 Å². The molecule has 4 nitrogen and oxygen atoms in total. The lowest BCUT2D eigenvalue weighted by Crippen LogP contribution is -2.40. The first-order valence-electron chi connectivity index (χ1n) is 6.51. The van der Waals surface area contributed by atoms with Crippen LogP contribution < -0.4 is 0 Å². The molecule has 104 valence electrons. The van der Waals surface area contributed by atoms with Crippen molar-refractivity contribution in [3.8, 4) is 5.75 Å². The summed E-state index contributed by atoms with van der Waals surface area (Å²) in [5, 5.41) is 10.2. The second-order valence-corrected chi connectivity index (χ2v) is 5.04. The zero-order valence-corrected chi connectivity index (χ0v) is 11.7. The minimum Gasteiger partial charge on any atom is -0.507 e. The molecule has 0 saturated carbocycles. The van der Waals surface area contributed by atoms with Gasteiger partial charge in [0, 0.05) is 24.7 Å². The Balaban J connectivity index is 2.03. The van der Waals surface area contributed by atoms with Crippen molar-refractivity contribution in [2.75, 3.05) is 19.7 Å². The van der Waals surface area contributed by atoms with Crippen molar-refractivity contribution in [1.82, 2.24) is 4.90 Å². The summed E-state index contributed by atoms with van der Waals surface area (Å²) >= 11 is 5.86. The minimum atomic E-state index is -0.171. The van der Waals surface area contributed by atoms with Gasteiger partial charge in [0.2, 0.25) is 0 Å². The molecular weight excluding hydrogens is 266 g/mol. The Hall–Kier alpha value is -1.26. The number of phenolic OH excluding ortho intramolecular Hbond substituents is 1. The molecule has 1 amide bonds. The standard InChI is InChI=1S/C14H18ClNO3/c1-2-19-11-5-7-16(8-6-11)14(18)12-9-10(15)3-4-13(12)17/h3-4,9,11,17H,2,5-8H2,1H3. The van der Waals surface area contributed by atoms with Crippen LogP contribution in [0.3, 0.4) is 0 Å². The van der Waals surface area contributed by atoms with Crippen molar-refractivity contribution in [3.63, 3.8) is 0 Å². The topological polar surface area (TPSA) is 49.8 Å². The van der Waals surface area contributed by atoms with E-state index in [1.807, 2.05) is 6.92 Å². The predicted octanol–water partition coefficient (Wildman–Crippen LogP) is 2.69. The fourth-order valence-corrected chi connectivity index (χ4v) is 2.48. The van der Waals surface area contributed by atoms with E-state index in [1.165, 1.54) is 12.1 Å². The van der Waals surface area contributed by atoms with Crippen LogP contribution in [0, 0.1) is 0 Å². The Morgan fingerprint density at radius 2 is 2.16 bits per heavy atom. The van der Waals surface area contributed by atoms with Gasteiger partial charge in [-0.05, 0) is 38.0 Å². The highest BCUT2D eigenvalue weighted by atomic mass is 35.5. The first-order chi connectivity index (χ1) is 9.11. The molecule has 1 N–H and O–H groups in total. The van der Waals surface area contributed by atoms with Crippen molar-refractivity contribution < 1.29 is 14.6 Å². The second kappa shape index (κ2) is 6.26. The van der Waals surface area contributed by atoms with Crippen LogP contribution in [-0.4, -0.2) is 41.7 Å². The number of piperidine rings is 1. The molecule has 1 aliphatic heterocycles. The van der Waals surface area contributed by atoms with Gasteiger partial charge in [-0.25, -0.2) is 0 Å². The molecule has 0 radical (unpaired) electrons. The highest BCUT2D eigenvalue weighted by Crippen LogP contribution is 2.24. The van der Waals surface area contributed by atoms with E-state index in [2.05, 4.69) is 0 Å². The monoisotopic (exact) mass is 283 g/mol. The molecule has 2 rings (SSSR count). The van der Waals surface area contributed by atoms with Crippen LogP contribution in [0.4, 0.5) is 0 Å². The van der Waals surface area contributed by atoms with Gasteiger partial charge >= 0.3 is 0 Å². The Kier molecular flexibility index (Phi) is 4.66. The molecule has 1 aliphatic rings. The van der Waals surface area contributed by atoms with Crippen LogP contribution in [-0.2, 0) is 4.74 Å². The van der Waals surface area contributed by atoms with Gasteiger partial charge in [-0.2, -0.15) is 0 Å². The number of halogens is 1. The molecule has 19 heavy (non-hydrogen) atoms. The first-order valence-corrected chi connectivity index (χ1v) is 6.89. The SMILES string of the molecule is CCOC1CCN(C(=O)c2cc(Cl)ccc2O)CC1. The van der Waals surface area contributed by atoms with Crippen LogP contribution in [0.5, 0.6) is 5.75 Å². The summed E-state index contributed by atoms with van der Waals surface area (Å²) in [6, 6.07) is 4.52. The highest BCUT2D eigenvalue weighted by molar-refractivity contribution is 6.31. The van der Waals surface area contributed by atoms with Crippen molar-refractivity contribution in [2.45, 2.75) is 25.9 Å². The molecule has 1 heterocycles. The van der Waals surface area contributed by atoms with Crippen molar-refractivity contribution in [3.05, 3.63) is 28.8 Å². The number of rotatable bonds is 3. The normalized spacial score (nSPS) is 16.6. The average Bonchev–Trinajstić information content (AvgIpc) is 2.42. The van der Waals surface area contributed by atoms with Crippen molar-refractivity contribution in [2.24, 2.45) is 0 Å². The van der Waals surface area contributed by atoms with Gasteiger partial charge < -0.3 is 14.7 Å². The maximum Gasteiger partial charge on any atom is 0.257 e. The van der Waals surface area contributed by atoms with E-state index in [0.29, 0.717) is 24.7 Å². The molecule has 0 unspecified atom stereocenters. The van der Waals surface area contributed by atoms with Gasteiger partial charge in [-0.15, -0.1) is 0 Å². The Morgan fingerprint density at radius 3 is 2.79 bits per heavy atom. The summed E-state index contributed by atoms with van der Waals surface area (Å²) in [5.74, 6) is -0.198. The first kappa shape index (κ1) is 14.2. The third-order valence-electron chi connectivity index (χ3n) is 3.32. The summed E-state index contributed by atoms with van der Waals surface area (Å²) < 4.78 is 5.55. The largest absolute Gasteiger partial charge is 0.507 e. The molecule has 0 bridgehead atoms. The number of carbonyl (C=O) groups excluding carboxylic acids is 1. The van der Waals surface area contributed by atoms with Gasteiger partial charge in [0.1, 0.15) is 5.75 Å². The van der Waals surface area contributed by atoms with Crippen LogP contribution in [0.1, 0.15) is 30.1 Å². The van der Waals surface area contributed by atoms with E-state index in [0.717, 1.165) is 12.8 Å². The van der Waals surface area contributed by atoms with E-state index >= 15 is 0 Å². The predicted molar refractivity (Wildman–Crippen MR) is 73.7 cm³/mol. The number of hydrogen-bond acceptors (Lipinski definition) is 3. The minimum absolute atomic E-state index is 0.0265. The summed E-state index contributed by atoms with van der Waals surface area (Å²) in [4.78, 5) is 14.0. The molecule has 0 atom stereocenters. The summed E-state index contributed by atoms with van der Waals surface area (Å²) in [7, 11) is 0. The lowest BCUT2D eigenvalue weighted by molar-refractivity contribution is 0.0145. The van der Waals surface area contributed by atoms with Gasteiger partial charge in [0.15, 0.2) is 0 Å². The molecular formula is C14H18ClNO3. The van der Waals surface area contributed by atoms with E-state index in [4.69, 9.17) is 16.3 Å². The molecule has 0 spiro atoms. The molecule has 0 aromatic heterocycles. The smallest absolute Gasteiger partial charge is 0.257 e. The number of amides is 1. The van der Waals surface area contributed by atoms with Crippen molar-refractivity contribution in [1.29, 1.82) is 0 Å². The fraction of sp³-hybridized carbons (Fsp3) is 0.500. The molecule has 0 aliphatic carbocycles. The number of nitrogens with zero attached hydrogens (tertiary/aromatic N) is 1. The third-order valence-corrected chi connectivity index (χ3v) is 3.56. The molecule has 1 fully saturated rings. The van der Waals surface area contributed by atoms with E-state index in [-0.39, 0.29) is 23.3 Å². The fourth-order valence-electron chi connectivity index (χ4n) is 2.31. The second-order valence-electron chi connectivity index (χ2n) is 4.61. The average molecular weight is 284 g/mol. The van der Waals surface area contributed by atoms with Crippen LogP contribution >= 0.6 is 11.6 Å². The number of ether oxygens (including phenoxy) is 1.